The number of ether oxygens (including phenoxy) is 1. The minimum atomic E-state index is -4.01. The van der Waals surface area contributed by atoms with Gasteiger partial charge in [0.25, 0.3) is 0 Å². The fourth-order valence-corrected chi connectivity index (χ4v) is 7.89. The van der Waals surface area contributed by atoms with Crippen molar-refractivity contribution in [2.45, 2.75) is 75.3 Å². The molecule has 0 heterocycles. The first kappa shape index (κ1) is 36.9. The number of rotatable bonds is 17. The van der Waals surface area contributed by atoms with Crippen LogP contribution in [-0.4, -0.2) is 65.3 Å². The summed E-state index contributed by atoms with van der Waals surface area (Å²) in [5.74, 6) is -1.21. The monoisotopic (exact) mass is 671 g/mol. The summed E-state index contributed by atoms with van der Waals surface area (Å²) in [5, 5.41) is 2.81. The summed E-state index contributed by atoms with van der Waals surface area (Å²) in [6, 6.07) is 19.8. The van der Waals surface area contributed by atoms with Gasteiger partial charge in [0.05, 0.1) is 16.9 Å². The van der Waals surface area contributed by atoms with Crippen molar-refractivity contribution < 1.29 is 31.2 Å². The van der Waals surface area contributed by atoms with Gasteiger partial charge in [0, 0.05) is 13.1 Å². The number of carbonyl (C=O) groups excluding carboxylic acids is 2. The average Bonchev–Trinajstić information content (AvgIpc) is 3.01. The Bertz CT molecular complexity index is 1640. The van der Waals surface area contributed by atoms with Gasteiger partial charge < -0.3 is 10.1 Å². The van der Waals surface area contributed by atoms with Crippen LogP contribution in [0.1, 0.15) is 49.8 Å². The average molecular weight is 672 g/mol. The van der Waals surface area contributed by atoms with Crippen molar-refractivity contribution >= 4 is 31.9 Å². The molecule has 0 aromatic heterocycles. The molecule has 0 aliphatic heterocycles. The Hall–Kier alpha value is -3.58. The lowest BCUT2D eigenvalue weighted by molar-refractivity contribution is -0.145. The van der Waals surface area contributed by atoms with E-state index in [2.05, 4.69) is 10.0 Å². The summed E-state index contributed by atoms with van der Waals surface area (Å²) in [6.45, 7) is 7.78. The number of nitrogens with one attached hydrogen (secondary N) is 2. The van der Waals surface area contributed by atoms with Crippen LogP contribution in [0.3, 0.4) is 0 Å². The van der Waals surface area contributed by atoms with Crippen LogP contribution in [-0.2, 0) is 40.8 Å². The van der Waals surface area contributed by atoms with E-state index in [1.807, 2.05) is 58.0 Å². The molecule has 0 saturated carbocycles. The summed E-state index contributed by atoms with van der Waals surface area (Å²) in [7, 11) is -6.77. The van der Waals surface area contributed by atoms with Gasteiger partial charge in [-0.25, -0.2) is 16.8 Å². The van der Waals surface area contributed by atoms with E-state index in [0.717, 1.165) is 16.7 Å². The zero-order valence-electron chi connectivity index (χ0n) is 27.1. The number of esters is 1. The highest BCUT2D eigenvalue weighted by molar-refractivity contribution is 7.89. The minimum Gasteiger partial charge on any atom is -0.468 e. The van der Waals surface area contributed by atoms with Crippen LogP contribution in [0.25, 0.3) is 0 Å². The van der Waals surface area contributed by atoms with Crippen molar-refractivity contribution in [1.29, 1.82) is 0 Å². The Labute approximate surface area is 273 Å². The first-order chi connectivity index (χ1) is 21.7. The summed E-state index contributed by atoms with van der Waals surface area (Å²) in [4.78, 5) is 26.4. The van der Waals surface area contributed by atoms with Crippen LogP contribution in [0.2, 0.25) is 0 Å². The van der Waals surface area contributed by atoms with E-state index in [1.165, 1.54) is 35.7 Å². The number of unbranched alkanes of at least 4 members (excludes halogenated alkanes) is 1. The molecule has 0 spiro atoms. The Morgan fingerprint density at radius 1 is 0.804 bits per heavy atom. The molecule has 0 radical (unpaired) electrons. The third kappa shape index (κ3) is 10.5. The molecule has 250 valence electrons. The maximum Gasteiger partial charge on any atom is 0.324 e. The molecule has 0 fully saturated rings. The summed E-state index contributed by atoms with van der Waals surface area (Å²) >= 11 is 0. The van der Waals surface area contributed by atoms with Gasteiger partial charge in [-0.1, -0.05) is 79.6 Å². The number of amides is 1. The van der Waals surface area contributed by atoms with E-state index < -0.39 is 44.0 Å². The Kier molecular flexibility index (Phi) is 13.5. The van der Waals surface area contributed by atoms with E-state index in [9.17, 15) is 26.4 Å². The molecule has 0 saturated heterocycles. The zero-order chi connectivity index (χ0) is 33.9. The second kappa shape index (κ2) is 16.8. The number of benzene rings is 3. The Balaban J connectivity index is 1.70. The van der Waals surface area contributed by atoms with Gasteiger partial charge in [0.1, 0.15) is 12.1 Å². The second-order valence-electron chi connectivity index (χ2n) is 11.8. The molecule has 0 aliphatic carbocycles. The van der Waals surface area contributed by atoms with Crippen LogP contribution in [0, 0.1) is 19.8 Å². The van der Waals surface area contributed by atoms with Gasteiger partial charge >= 0.3 is 5.97 Å². The van der Waals surface area contributed by atoms with Gasteiger partial charge in [-0.3, -0.25) is 9.59 Å². The van der Waals surface area contributed by atoms with Crippen molar-refractivity contribution in [2.75, 3.05) is 20.2 Å². The lowest BCUT2D eigenvalue weighted by Crippen LogP contribution is -2.48. The maximum absolute atomic E-state index is 13.7. The lowest BCUT2D eigenvalue weighted by Gasteiger charge is -2.30. The molecule has 3 rings (SSSR count). The van der Waals surface area contributed by atoms with Crippen LogP contribution in [0.15, 0.2) is 88.7 Å². The van der Waals surface area contributed by atoms with Gasteiger partial charge in [-0.2, -0.15) is 9.03 Å². The highest BCUT2D eigenvalue weighted by atomic mass is 32.2. The van der Waals surface area contributed by atoms with E-state index in [1.54, 1.807) is 24.3 Å². The molecule has 46 heavy (non-hydrogen) atoms. The largest absolute Gasteiger partial charge is 0.468 e. The number of aryl methyl sites for hydroxylation is 2. The van der Waals surface area contributed by atoms with E-state index in [4.69, 9.17) is 4.74 Å². The number of methoxy groups -OCH3 is 1. The predicted molar refractivity (Wildman–Crippen MR) is 178 cm³/mol. The first-order valence-corrected chi connectivity index (χ1v) is 18.2. The third-order valence-corrected chi connectivity index (χ3v) is 10.8. The van der Waals surface area contributed by atoms with E-state index in [0.29, 0.717) is 12.8 Å². The number of hydrogen-bond acceptors (Lipinski definition) is 7. The van der Waals surface area contributed by atoms with Gasteiger partial charge in [0.2, 0.25) is 26.0 Å². The molecular weight excluding hydrogens is 627 g/mol. The summed E-state index contributed by atoms with van der Waals surface area (Å²) < 4.78 is 62.4. The molecular formula is C34H45N3O7S2. The summed E-state index contributed by atoms with van der Waals surface area (Å²) in [6.07, 6.45) is 1.13. The number of carbonyl (C=O) groups is 2. The highest BCUT2D eigenvalue weighted by Gasteiger charge is 2.36. The van der Waals surface area contributed by atoms with Gasteiger partial charge in [-0.15, -0.1) is 0 Å². The molecule has 12 heteroatoms. The van der Waals surface area contributed by atoms with Crippen LogP contribution in [0.5, 0.6) is 0 Å². The van der Waals surface area contributed by atoms with Gasteiger partial charge in [0.15, 0.2) is 0 Å². The quantitative estimate of drug-likeness (QED) is 0.161. The smallest absolute Gasteiger partial charge is 0.324 e. The van der Waals surface area contributed by atoms with Crippen LogP contribution < -0.4 is 10.0 Å². The maximum atomic E-state index is 13.7. The fourth-order valence-electron chi connectivity index (χ4n) is 4.92. The van der Waals surface area contributed by atoms with Crippen molar-refractivity contribution in [1.82, 2.24) is 14.3 Å². The molecule has 0 unspecified atom stereocenters. The van der Waals surface area contributed by atoms with Crippen LogP contribution >= 0.6 is 0 Å². The number of nitrogens with zero attached hydrogens (tertiary/aromatic N) is 1. The second-order valence-corrected chi connectivity index (χ2v) is 15.4. The summed E-state index contributed by atoms with van der Waals surface area (Å²) in [5.41, 5.74) is 2.61. The van der Waals surface area contributed by atoms with Crippen molar-refractivity contribution in [2.24, 2.45) is 5.92 Å². The highest BCUT2D eigenvalue weighted by Crippen LogP contribution is 2.24. The van der Waals surface area contributed by atoms with Crippen molar-refractivity contribution in [3.63, 3.8) is 0 Å². The predicted octanol–water partition coefficient (Wildman–Crippen LogP) is 4.37. The zero-order valence-corrected chi connectivity index (χ0v) is 28.7. The molecule has 2 atom stereocenters. The topological polar surface area (TPSA) is 139 Å². The number of hydrogen-bond donors (Lipinski definition) is 2. The number of sulfonamides is 2. The molecule has 0 bridgehead atoms. The lowest BCUT2D eigenvalue weighted by atomic mass is 10.1. The molecule has 0 aliphatic rings. The Morgan fingerprint density at radius 3 is 1.91 bits per heavy atom. The Morgan fingerprint density at radius 2 is 1.37 bits per heavy atom. The molecule has 1 amide bonds. The minimum absolute atomic E-state index is 0.0584. The third-order valence-electron chi connectivity index (χ3n) is 7.42. The molecule has 2 N–H and O–H groups in total. The fraction of sp³-hybridized carbons (Fsp3) is 0.412. The molecule has 10 nitrogen and oxygen atoms in total. The van der Waals surface area contributed by atoms with Gasteiger partial charge in [-0.05, 0) is 75.3 Å². The normalized spacial score (nSPS) is 13.4. The molecule has 3 aromatic carbocycles. The van der Waals surface area contributed by atoms with Crippen LogP contribution in [0.4, 0.5) is 0 Å². The van der Waals surface area contributed by atoms with E-state index in [-0.39, 0.29) is 41.6 Å². The standard InChI is InChI=1S/C34H45N3O7S2/c1-25(2)24-37(46(42,43)30-20-16-27(4)17-21-30)32(34(39)44-5)13-9-10-22-35-33(38)31(23-28-11-7-6-8-12-28)36-45(40,41)29-18-14-26(3)15-19-29/h6-8,11-12,14-21,25,31-32,36H,9-10,13,22-24H2,1-5H3,(H,35,38)/t31-,32-/m0/s1. The first-order valence-electron chi connectivity index (χ1n) is 15.3. The van der Waals surface area contributed by atoms with Crippen molar-refractivity contribution in [3.05, 3.63) is 95.6 Å². The van der Waals surface area contributed by atoms with E-state index >= 15 is 0 Å². The SMILES string of the molecule is COC(=O)[C@H](CCCCNC(=O)[C@H](Cc1ccccc1)NS(=O)(=O)c1ccc(C)cc1)N(CC(C)C)S(=O)(=O)c1ccc(C)cc1. The molecule has 3 aromatic rings. The van der Waals surface area contributed by atoms with Crippen molar-refractivity contribution in [3.8, 4) is 0 Å².